The Kier molecular flexibility index (Phi) is 4.92. The maximum Gasteiger partial charge on any atom is 0.258 e. The SMILES string of the molecule is Cc1cc(=O)n(C2=CC(F)C(=NCCS)C(F)C2)c(C)n1. The van der Waals surface area contributed by atoms with Crippen molar-refractivity contribution in [3.8, 4) is 0 Å². The van der Waals surface area contributed by atoms with Gasteiger partial charge in [-0.1, -0.05) is 0 Å². The zero-order chi connectivity index (χ0) is 15.6. The average molecular weight is 313 g/mol. The maximum atomic E-state index is 14.1. The van der Waals surface area contributed by atoms with E-state index in [0.29, 0.717) is 17.3 Å². The van der Waals surface area contributed by atoms with Gasteiger partial charge in [-0.25, -0.2) is 13.8 Å². The number of thiol groups is 1. The first-order chi connectivity index (χ1) is 9.93. The quantitative estimate of drug-likeness (QED) is 0.869. The van der Waals surface area contributed by atoms with Crippen molar-refractivity contribution < 1.29 is 8.78 Å². The molecule has 1 aromatic heterocycles. The molecule has 2 unspecified atom stereocenters. The number of aliphatic imine (C=N–C) groups is 1. The molecule has 0 fully saturated rings. The summed E-state index contributed by atoms with van der Waals surface area (Å²) in [6.45, 7) is 3.61. The van der Waals surface area contributed by atoms with Crippen molar-refractivity contribution in [2.24, 2.45) is 4.99 Å². The van der Waals surface area contributed by atoms with E-state index in [2.05, 4.69) is 22.6 Å². The van der Waals surface area contributed by atoms with E-state index in [9.17, 15) is 13.6 Å². The van der Waals surface area contributed by atoms with Crippen molar-refractivity contribution in [1.29, 1.82) is 0 Å². The first-order valence-corrected chi connectivity index (χ1v) is 7.29. The third-order valence-corrected chi connectivity index (χ3v) is 3.43. The Labute approximate surface area is 127 Å². The highest BCUT2D eigenvalue weighted by molar-refractivity contribution is 7.80. The van der Waals surface area contributed by atoms with Crippen molar-refractivity contribution in [2.45, 2.75) is 32.6 Å². The Morgan fingerprint density at radius 3 is 2.76 bits per heavy atom. The van der Waals surface area contributed by atoms with E-state index >= 15 is 0 Å². The molecule has 4 nitrogen and oxygen atoms in total. The Morgan fingerprint density at radius 1 is 1.48 bits per heavy atom. The molecular weight excluding hydrogens is 296 g/mol. The third-order valence-electron chi connectivity index (χ3n) is 3.23. The Bertz CT molecular complexity index is 654. The molecule has 0 bridgehead atoms. The summed E-state index contributed by atoms with van der Waals surface area (Å²) < 4.78 is 29.5. The highest BCUT2D eigenvalue weighted by Gasteiger charge is 2.30. The molecule has 0 aliphatic heterocycles. The summed E-state index contributed by atoms with van der Waals surface area (Å²) >= 11 is 3.97. The minimum Gasteiger partial charge on any atom is -0.287 e. The van der Waals surface area contributed by atoms with Gasteiger partial charge < -0.3 is 0 Å². The van der Waals surface area contributed by atoms with Gasteiger partial charge in [0.15, 0.2) is 6.17 Å². The van der Waals surface area contributed by atoms with Crippen LogP contribution in [0.15, 0.2) is 21.9 Å². The van der Waals surface area contributed by atoms with Crippen LogP contribution in [0.25, 0.3) is 5.70 Å². The van der Waals surface area contributed by atoms with Crippen molar-refractivity contribution in [3.05, 3.63) is 34.0 Å². The van der Waals surface area contributed by atoms with Gasteiger partial charge in [0.05, 0.1) is 5.71 Å². The molecule has 0 aromatic carbocycles. The van der Waals surface area contributed by atoms with Crippen LogP contribution in [0, 0.1) is 13.8 Å². The number of alkyl halides is 2. The number of hydrogen-bond donors (Lipinski definition) is 1. The van der Waals surface area contributed by atoms with Gasteiger partial charge in [0.25, 0.3) is 5.56 Å². The topological polar surface area (TPSA) is 47.2 Å². The van der Waals surface area contributed by atoms with Crippen molar-refractivity contribution >= 4 is 24.0 Å². The number of hydrogen-bond acceptors (Lipinski definition) is 4. The van der Waals surface area contributed by atoms with Gasteiger partial charge >= 0.3 is 0 Å². The molecule has 2 atom stereocenters. The first-order valence-electron chi connectivity index (χ1n) is 6.65. The van der Waals surface area contributed by atoms with E-state index in [-0.39, 0.29) is 29.9 Å². The zero-order valence-corrected chi connectivity index (χ0v) is 12.8. The fourth-order valence-electron chi connectivity index (χ4n) is 2.40. The molecule has 0 saturated heterocycles. The lowest BCUT2D eigenvalue weighted by atomic mass is 9.98. The van der Waals surface area contributed by atoms with Crippen molar-refractivity contribution in [1.82, 2.24) is 9.55 Å². The number of aryl methyl sites for hydroxylation is 2. The highest BCUT2D eigenvalue weighted by atomic mass is 32.1. The number of aromatic nitrogens is 2. The second kappa shape index (κ2) is 6.51. The van der Waals surface area contributed by atoms with Gasteiger partial charge in [-0.3, -0.25) is 14.4 Å². The predicted molar refractivity (Wildman–Crippen MR) is 82.8 cm³/mol. The van der Waals surface area contributed by atoms with E-state index in [1.54, 1.807) is 13.8 Å². The van der Waals surface area contributed by atoms with Crippen LogP contribution in [0.4, 0.5) is 8.78 Å². The molecule has 0 radical (unpaired) electrons. The van der Waals surface area contributed by atoms with E-state index in [0.717, 1.165) is 0 Å². The molecule has 1 heterocycles. The van der Waals surface area contributed by atoms with Crippen molar-refractivity contribution in [2.75, 3.05) is 12.3 Å². The molecule has 21 heavy (non-hydrogen) atoms. The highest BCUT2D eigenvalue weighted by Crippen LogP contribution is 2.25. The van der Waals surface area contributed by atoms with Gasteiger partial charge in [0.1, 0.15) is 12.0 Å². The second-order valence-electron chi connectivity index (χ2n) is 4.88. The maximum absolute atomic E-state index is 14.1. The Hall–Kier alpha value is -1.50. The molecule has 0 N–H and O–H groups in total. The van der Waals surface area contributed by atoms with E-state index < -0.39 is 12.3 Å². The fourth-order valence-corrected chi connectivity index (χ4v) is 2.50. The van der Waals surface area contributed by atoms with Crippen LogP contribution in [-0.2, 0) is 0 Å². The lowest BCUT2D eigenvalue weighted by Crippen LogP contribution is -2.34. The van der Waals surface area contributed by atoms with Crippen molar-refractivity contribution in [3.63, 3.8) is 0 Å². The summed E-state index contributed by atoms with van der Waals surface area (Å²) in [7, 11) is 0. The Balaban J connectivity index is 2.42. The number of halogens is 2. The standard InChI is InChI=1S/C14H17F2N3OS/c1-8-5-13(20)19(9(2)18-8)10-6-11(15)14(12(16)7-10)17-3-4-21/h5-6,11-12,21H,3-4,7H2,1-2H3. The minimum absolute atomic E-state index is 0.0860. The average Bonchev–Trinajstić information content (AvgIpc) is 2.36. The molecule has 114 valence electrons. The van der Waals surface area contributed by atoms with Crippen LogP contribution < -0.4 is 5.56 Å². The van der Waals surface area contributed by atoms with Gasteiger partial charge in [-0.15, -0.1) is 0 Å². The molecule has 1 aliphatic carbocycles. The van der Waals surface area contributed by atoms with Crippen LogP contribution >= 0.6 is 12.6 Å². The van der Waals surface area contributed by atoms with Crippen LogP contribution in [0.5, 0.6) is 0 Å². The monoisotopic (exact) mass is 313 g/mol. The van der Waals surface area contributed by atoms with E-state index in [1.807, 2.05) is 0 Å². The lowest BCUT2D eigenvalue weighted by molar-refractivity contribution is 0.380. The van der Waals surface area contributed by atoms with E-state index in [1.165, 1.54) is 16.7 Å². The summed E-state index contributed by atoms with van der Waals surface area (Å²) in [5.41, 5.74) is 0.407. The minimum atomic E-state index is -1.63. The lowest BCUT2D eigenvalue weighted by Gasteiger charge is -2.23. The van der Waals surface area contributed by atoms with Gasteiger partial charge in [-0.05, 0) is 19.9 Å². The van der Waals surface area contributed by atoms with Crippen LogP contribution in [-0.4, -0.2) is 39.9 Å². The van der Waals surface area contributed by atoms with Gasteiger partial charge in [-0.2, -0.15) is 12.6 Å². The summed E-state index contributed by atoms with van der Waals surface area (Å²) in [5.74, 6) is 0.848. The molecule has 0 saturated carbocycles. The number of allylic oxidation sites excluding steroid dienone is 2. The summed E-state index contributed by atoms with van der Waals surface area (Å²) in [6.07, 6.45) is -2.01. The van der Waals surface area contributed by atoms with Crippen LogP contribution in [0.1, 0.15) is 17.9 Å². The third kappa shape index (κ3) is 3.40. The zero-order valence-electron chi connectivity index (χ0n) is 11.9. The fraction of sp³-hybridized carbons (Fsp3) is 0.500. The normalized spacial score (nSPS) is 24.2. The summed E-state index contributed by atoms with van der Waals surface area (Å²) in [5, 5.41) is 0. The molecule has 1 aromatic rings. The largest absolute Gasteiger partial charge is 0.287 e. The Morgan fingerprint density at radius 2 is 2.19 bits per heavy atom. The molecule has 2 rings (SSSR count). The number of rotatable bonds is 3. The molecular formula is C14H17F2N3OS. The predicted octanol–water partition coefficient (Wildman–Crippen LogP) is 2.15. The number of nitrogens with zero attached hydrogens (tertiary/aromatic N) is 3. The summed E-state index contributed by atoms with van der Waals surface area (Å²) in [4.78, 5) is 20.1. The molecule has 1 aliphatic rings. The van der Waals surface area contributed by atoms with Crippen LogP contribution in [0.2, 0.25) is 0 Å². The van der Waals surface area contributed by atoms with Crippen LogP contribution in [0.3, 0.4) is 0 Å². The van der Waals surface area contributed by atoms with Gasteiger partial charge in [0, 0.05) is 36.2 Å². The summed E-state index contributed by atoms with van der Waals surface area (Å²) in [6, 6.07) is 1.35. The molecule has 0 spiro atoms. The first kappa shape index (κ1) is 15.9. The van der Waals surface area contributed by atoms with Gasteiger partial charge in [0.2, 0.25) is 0 Å². The second-order valence-corrected chi connectivity index (χ2v) is 5.33. The smallest absolute Gasteiger partial charge is 0.258 e. The molecule has 0 amide bonds. The van der Waals surface area contributed by atoms with E-state index in [4.69, 9.17) is 0 Å². The molecule has 7 heteroatoms.